The molecule has 0 bridgehead atoms. The fourth-order valence-electron chi connectivity index (χ4n) is 0.759. The lowest BCUT2D eigenvalue weighted by Gasteiger charge is -2.17. The molecule has 0 aromatic heterocycles. The Hall–Kier alpha value is 0.300. The summed E-state index contributed by atoms with van der Waals surface area (Å²) in [6.45, 7) is 0. The summed E-state index contributed by atoms with van der Waals surface area (Å²) in [6.07, 6.45) is -0.00207. The monoisotopic (exact) mass is 246 g/mol. The Kier molecular flexibility index (Phi) is 6.14. The summed E-state index contributed by atoms with van der Waals surface area (Å²) in [4.78, 5) is 0. The molecule has 0 aliphatic carbocycles. The maximum atomic E-state index is 11.6. The molecule has 8 heteroatoms. The van der Waals surface area contributed by atoms with Crippen molar-refractivity contribution in [1.82, 2.24) is 0 Å². The number of rotatable bonds is 7. The van der Waals surface area contributed by atoms with Crippen LogP contribution in [0.4, 0.5) is 0 Å². The zero-order chi connectivity index (χ0) is 11.2. The number of hydrogen-bond donors (Lipinski definition) is 0. The lowest BCUT2D eigenvalue weighted by atomic mass is 11.0. The molecule has 0 aromatic carbocycles. The van der Waals surface area contributed by atoms with Gasteiger partial charge in [0.15, 0.2) is 0 Å². The van der Waals surface area contributed by atoms with Crippen molar-refractivity contribution in [3.63, 3.8) is 0 Å². The molecule has 86 valence electrons. The second kappa shape index (κ2) is 6.01. The average molecular weight is 246 g/mol. The van der Waals surface area contributed by atoms with E-state index in [1.165, 1.54) is 28.4 Å². The molecule has 0 aromatic rings. The van der Waals surface area contributed by atoms with Crippen LogP contribution in [0.2, 0.25) is 0 Å². The molecule has 0 radical (unpaired) electrons. The largest absolute Gasteiger partial charge is 0.330 e. The summed E-state index contributed by atoms with van der Waals surface area (Å²) in [5.74, 6) is 0. The molecule has 0 spiro atoms. The summed E-state index contributed by atoms with van der Waals surface area (Å²) in [5.41, 5.74) is 0. The molecule has 0 N–H and O–H groups in total. The summed E-state index contributed by atoms with van der Waals surface area (Å²) in [6, 6.07) is 0. The van der Waals surface area contributed by atoms with Crippen LogP contribution in [0.1, 0.15) is 0 Å². The van der Waals surface area contributed by atoms with Crippen molar-refractivity contribution in [2.45, 2.75) is 0 Å². The van der Waals surface area contributed by atoms with E-state index < -0.39 is 15.2 Å². The van der Waals surface area contributed by atoms with Gasteiger partial charge in [0.05, 0.1) is 12.3 Å². The maximum Gasteiger partial charge on any atom is 0.330 e. The van der Waals surface area contributed by atoms with E-state index in [0.29, 0.717) is 0 Å². The van der Waals surface area contributed by atoms with Crippen LogP contribution in [0.15, 0.2) is 0 Å². The fraction of sp³-hybridized carbons (Fsp3) is 1.00. The third kappa shape index (κ3) is 4.22. The van der Waals surface area contributed by atoms with Crippen molar-refractivity contribution < 1.29 is 27.2 Å². The SMILES string of the molecule is COP(=O)(CCP(=O)(OC)OC)OC. The van der Waals surface area contributed by atoms with Crippen LogP contribution in [-0.2, 0) is 27.2 Å². The molecule has 0 atom stereocenters. The van der Waals surface area contributed by atoms with Crippen molar-refractivity contribution in [3.05, 3.63) is 0 Å². The van der Waals surface area contributed by atoms with E-state index >= 15 is 0 Å². The van der Waals surface area contributed by atoms with Gasteiger partial charge in [-0.2, -0.15) is 0 Å². The molecule has 0 aliphatic heterocycles. The summed E-state index contributed by atoms with van der Waals surface area (Å²) in [7, 11) is -1.18. The predicted molar refractivity (Wildman–Crippen MR) is 53.0 cm³/mol. The summed E-state index contributed by atoms with van der Waals surface area (Å²) < 4.78 is 41.8. The Morgan fingerprint density at radius 1 is 0.714 bits per heavy atom. The quantitative estimate of drug-likeness (QED) is 0.639. The highest BCUT2D eigenvalue weighted by Crippen LogP contribution is 2.53. The van der Waals surface area contributed by atoms with Gasteiger partial charge in [-0.15, -0.1) is 0 Å². The molecule has 0 heterocycles. The van der Waals surface area contributed by atoms with E-state index in [-0.39, 0.29) is 12.3 Å². The Labute approximate surface area is 83.9 Å². The highest BCUT2D eigenvalue weighted by molar-refractivity contribution is 7.58. The summed E-state index contributed by atoms with van der Waals surface area (Å²) >= 11 is 0. The average Bonchev–Trinajstić information content (AvgIpc) is 2.25. The number of hydrogen-bond acceptors (Lipinski definition) is 6. The molecule has 0 rings (SSSR count). The second-order valence-electron chi connectivity index (χ2n) is 2.40. The maximum absolute atomic E-state index is 11.6. The minimum Gasteiger partial charge on any atom is -0.312 e. The van der Waals surface area contributed by atoms with Crippen molar-refractivity contribution in [3.8, 4) is 0 Å². The minimum atomic E-state index is -3.14. The smallest absolute Gasteiger partial charge is 0.312 e. The van der Waals surface area contributed by atoms with E-state index in [4.69, 9.17) is 0 Å². The fourth-order valence-corrected chi connectivity index (χ4v) is 3.75. The molecule has 0 aliphatic rings. The molecule has 0 saturated heterocycles. The van der Waals surface area contributed by atoms with Crippen LogP contribution >= 0.6 is 15.2 Å². The first-order valence-electron chi connectivity index (χ1n) is 3.86. The van der Waals surface area contributed by atoms with Crippen molar-refractivity contribution >= 4 is 15.2 Å². The van der Waals surface area contributed by atoms with Gasteiger partial charge in [0, 0.05) is 28.4 Å². The third-order valence-electron chi connectivity index (χ3n) is 1.76. The van der Waals surface area contributed by atoms with E-state index in [0.717, 1.165) is 0 Å². The summed E-state index contributed by atoms with van der Waals surface area (Å²) in [5, 5.41) is 0. The standard InChI is InChI=1S/C6H16O6P2/c1-9-13(7,10-2)5-6-14(8,11-3)12-4/h5-6H2,1-4H3. The lowest BCUT2D eigenvalue weighted by Crippen LogP contribution is -2.03. The highest BCUT2D eigenvalue weighted by atomic mass is 31.2. The lowest BCUT2D eigenvalue weighted by molar-refractivity contribution is 0.266. The minimum absolute atomic E-state index is 0.00103. The predicted octanol–water partition coefficient (Wildman–Crippen LogP) is 1.96. The van der Waals surface area contributed by atoms with Crippen molar-refractivity contribution in [1.29, 1.82) is 0 Å². The normalized spacial score (nSPS) is 13.1. The Bertz CT molecular complexity index is 211. The molecule has 0 amide bonds. The van der Waals surface area contributed by atoms with E-state index in [1.54, 1.807) is 0 Å². The zero-order valence-corrected chi connectivity index (χ0v) is 10.5. The van der Waals surface area contributed by atoms with Crippen molar-refractivity contribution in [2.75, 3.05) is 40.8 Å². The van der Waals surface area contributed by atoms with E-state index in [2.05, 4.69) is 18.1 Å². The molecule has 0 saturated carbocycles. The molecular formula is C6H16O6P2. The highest BCUT2D eigenvalue weighted by Gasteiger charge is 2.29. The molecular weight excluding hydrogens is 230 g/mol. The first-order chi connectivity index (χ1) is 6.45. The van der Waals surface area contributed by atoms with Gasteiger partial charge < -0.3 is 18.1 Å². The molecule has 0 unspecified atom stereocenters. The first-order valence-corrected chi connectivity index (χ1v) is 7.32. The van der Waals surface area contributed by atoms with Crippen LogP contribution in [0.25, 0.3) is 0 Å². The Balaban J connectivity index is 4.29. The topological polar surface area (TPSA) is 71.1 Å². The van der Waals surface area contributed by atoms with Gasteiger partial charge in [-0.3, -0.25) is 9.13 Å². The first kappa shape index (κ1) is 14.3. The van der Waals surface area contributed by atoms with Crippen molar-refractivity contribution in [2.24, 2.45) is 0 Å². The van der Waals surface area contributed by atoms with Gasteiger partial charge in [0.25, 0.3) is 0 Å². The Morgan fingerprint density at radius 2 is 0.929 bits per heavy atom. The molecule has 0 fully saturated rings. The van der Waals surface area contributed by atoms with Crippen LogP contribution in [0, 0.1) is 0 Å². The van der Waals surface area contributed by atoms with Gasteiger partial charge in [0.2, 0.25) is 0 Å². The van der Waals surface area contributed by atoms with Crippen LogP contribution in [0.3, 0.4) is 0 Å². The van der Waals surface area contributed by atoms with Gasteiger partial charge in [-0.1, -0.05) is 0 Å². The van der Waals surface area contributed by atoms with Gasteiger partial charge in [-0.05, 0) is 0 Å². The second-order valence-corrected chi connectivity index (χ2v) is 7.20. The van der Waals surface area contributed by atoms with Gasteiger partial charge in [0.1, 0.15) is 0 Å². The molecule has 14 heavy (non-hydrogen) atoms. The van der Waals surface area contributed by atoms with Crippen LogP contribution in [0.5, 0.6) is 0 Å². The van der Waals surface area contributed by atoms with Gasteiger partial charge in [-0.25, -0.2) is 0 Å². The van der Waals surface area contributed by atoms with Crippen LogP contribution < -0.4 is 0 Å². The zero-order valence-electron chi connectivity index (χ0n) is 8.76. The van der Waals surface area contributed by atoms with E-state index in [1.807, 2.05) is 0 Å². The third-order valence-corrected chi connectivity index (χ3v) is 5.88. The van der Waals surface area contributed by atoms with E-state index in [9.17, 15) is 9.13 Å². The molecule has 6 nitrogen and oxygen atoms in total. The van der Waals surface area contributed by atoms with Crippen LogP contribution in [-0.4, -0.2) is 40.8 Å². The Morgan fingerprint density at radius 3 is 1.07 bits per heavy atom. The van der Waals surface area contributed by atoms with Gasteiger partial charge >= 0.3 is 15.2 Å².